The number of thiol groups is 1. The molecule has 0 aliphatic rings. The molecule has 4 nitrogen and oxygen atoms in total. The van der Waals surface area contributed by atoms with Gasteiger partial charge in [-0.2, -0.15) is 12.6 Å². The molecule has 0 fully saturated rings. The third kappa shape index (κ3) is 34.5. The summed E-state index contributed by atoms with van der Waals surface area (Å²) in [6.07, 6.45) is 38.1. The zero-order chi connectivity index (χ0) is 26.4. The van der Waals surface area contributed by atoms with Gasteiger partial charge in [-0.3, -0.25) is 4.52 Å². The second-order valence-corrected chi connectivity index (χ2v) is 12.6. The Kier molecular flexibility index (Phi) is 30.4. The molecular weight excluding hydrogens is 487 g/mol. The van der Waals surface area contributed by atoms with Crippen molar-refractivity contribution >= 4 is 20.5 Å². The molecule has 6 heteroatoms. The average Bonchev–Trinajstić information content (AvgIpc) is 2.84. The number of hydrogen-bond acceptors (Lipinski definition) is 3. The molecule has 0 aromatic carbocycles. The lowest BCUT2D eigenvalue weighted by atomic mass is 10.0. The van der Waals surface area contributed by atoms with Gasteiger partial charge < -0.3 is 9.79 Å². The van der Waals surface area contributed by atoms with Crippen LogP contribution < -0.4 is 0 Å². The van der Waals surface area contributed by atoms with E-state index in [0.717, 1.165) is 25.0 Å². The van der Waals surface area contributed by atoms with Crippen LogP contribution in [0.3, 0.4) is 0 Å². The van der Waals surface area contributed by atoms with E-state index in [0.29, 0.717) is 0 Å². The molecule has 0 saturated heterocycles. The van der Waals surface area contributed by atoms with Gasteiger partial charge in [0.15, 0.2) is 0 Å². The van der Waals surface area contributed by atoms with E-state index in [2.05, 4.69) is 17.2 Å². The van der Waals surface area contributed by atoms with Crippen LogP contribution in [-0.4, -0.2) is 22.1 Å². The van der Waals surface area contributed by atoms with E-state index in [4.69, 9.17) is 9.79 Å². The SMILES string of the molecule is O=P(O)(O)OCCCCCCCCCCCCCCCCCCCCCCCCCCCCCCS. The highest BCUT2D eigenvalue weighted by Gasteiger charge is 2.12. The summed E-state index contributed by atoms with van der Waals surface area (Å²) in [5, 5.41) is 0. The second-order valence-electron chi connectivity index (χ2n) is 10.9. The molecule has 0 heterocycles. The van der Waals surface area contributed by atoms with E-state index in [1.165, 1.54) is 161 Å². The van der Waals surface area contributed by atoms with Gasteiger partial charge in [0.2, 0.25) is 0 Å². The second kappa shape index (κ2) is 30.0. The highest BCUT2D eigenvalue weighted by Crippen LogP contribution is 2.35. The highest BCUT2D eigenvalue weighted by molar-refractivity contribution is 7.80. The molecular formula is C30H63O4PS. The van der Waals surface area contributed by atoms with Crippen LogP contribution in [0, 0.1) is 0 Å². The summed E-state index contributed by atoms with van der Waals surface area (Å²) in [6.45, 7) is 0.169. The Morgan fingerprint density at radius 3 is 0.778 bits per heavy atom. The molecule has 0 unspecified atom stereocenters. The third-order valence-corrected chi connectivity index (χ3v) is 8.15. The van der Waals surface area contributed by atoms with Crippen molar-refractivity contribution in [2.45, 2.75) is 180 Å². The molecule has 0 saturated carbocycles. The van der Waals surface area contributed by atoms with Crippen molar-refractivity contribution in [3.05, 3.63) is 0 Å². The summed E-state index contributed by atoms with van der Waals surface area (Å²) < 4.78 is 15.0. The van der Waals surface area contributed by atoms with Gasteiger partial charge in [-0.25, -0.2) is 4.57 Å². The molecule has 0 rings (SSSR count). The molecule has 0 amide bonds. The third-order valence-electron chi connectivity index (χ3n) is 7.31. The van der Waals surface area contributed by atoms with Crippen LogP contribution in [0.4, 0.5) is 0 Å². The molecule has 0 aliphatic heterocycles. The predicted octanol–water partition coefficient (Wildman–Crippen LogP) is 10.9. The quantitative estimate of drug-likeness (QED) is 0.0456. The largest absolute Gasteiger partial charge is 0.469 e. The molecule has 36 heavy (non-hydrogen) atoms. The molecule has 0 aromatic heterocycles. The number of unbranched alkanes of at least 4 members (excludes halogenated alkanes) is 27. The zero-order valence-corrected chi connectivity index (χ0v) is 25.6. The Labute approximate surface area is 231 Å². The summed E-state index contributed by atoms with van der Waals surface area (Å²) in [5.74, 6) is 1.05. The molecule has 0 spiro atoms. The van der Waals surface area contributed by atoms with Crippen LogP contribution in [0.15, 0.2) is 0 Å². The van der Waals surface area contributed by atoms with Crippen LogP contribution in [-0.2, 0) is 9.09 Å². The standard InChI is InChI=1S/C30H63O4PS/c31-35(32,33)34-29-27-25-23-21-19-17-15-13-11-9-7-5-3-1-2-4-6-8-10-12-14-16-18-20-22-24-26-28-30-36/h36H,1-30H2,(H2,31,32,33). The van der Waals surface area contributed by atoms with Gasteiger partial charge in [-0.05, 0) is 18.6 Å². The Hall–Kier alpha value is 0.460. The monoisotopic (exact) mass is 550 g/mol. The van der Waals surface area contributed by atoms with Gasteiger partial charge in [0.1, 0.15) is 0 Å². The molecule has 2 N–H and O–H groups in total. The first-order chi connectivity index (χ1) is 17.6. The smallest absolute Gasteiger partial charge is 0.303 e. The molecule has 0 bridgehead atoms. The topological polar surface area (TPSA) is 66.8 Å². The minimum atomic E-state index is -4.27. The maximum atomic E-state index is 10.6. The van der Waals surface area contributed by atoms with Crippen LogP contribution >= 0.6 is 20.5 Å². The normalized spacial score (nSPS) is 12.0. The van der Waals surface area contributed by atoms with E-state index in [9.17, 15) is 4.57 Å². The molecule has 218 valence electrons. The summed E-state index contributed by atoms with van der Waals surface area (Å²) in [4.78, 5) is 17.2. The lowest BCUT2D eigenvalue weighted by Crippen LogP contribution is -1.92. The van der Waals surface area contributed by atoms with Gasteiger partial charge in [-0.1, -0.05) is 167 Å². The number of phosphoric ester groups is 1. The summed E-state index contributed by atoms with van der Waals surface area (Å²) in [5.41, 5.74) is 0. The van der Waals surface area contributed by atoms with Gasteiger partial charge in [0.25, 0.3) is 0 Å². The van der Waals surface area contributed by atoms with Crippen molar-refractivity contribution in [2.75, 3.05) is 12.4 Å². The Balaban J connectivity index is 3.04. The average molecular weight is 551 g/mol. The van der Waals surface area contributed by atoms with Crippen molar-refractivity contribution in [3.63, 3.8) is 0 Å². The molecule has 0 radical (unpaired) electrons. The minimum absolute atomic E-state index is 0.169. The van der Waals surface area contributed by atoms with E-state index in [-0.39, 0.29) is 6.61 Å². The van der Waals surface area contributed by atoms with Gasteiger partial charge in [-0.15, -0.1) is 0 Å². The highest BCUT2D eigenvalue weighted by atomic mass is 32.1. The van der Waals surface area contributed by atoms with Crippen molar-refractivity contribution in [1.29, 1.82) is 0 Å². The fourth-order valence-corrected chi connectivity index (χ4v) is 5.58. The summed E-state index contributed by atoms with van der Waals surface area (Å²) in [7, 11) is -4.27. The first-order valence-corrected chi connectivity index (χ1v) is 18.0. The zero-order valence-electron chi connectivity index (χ0n) is 23.8. The van der Waals surface area contributed by atoms with Crippen LogP contribution in [0.1, 0.15) is 180 Å². The van der Waals surface area contributed by atoms with E-state index < -0.39 is 7.82 Å². The van der Waals surface area contributed by atoms with E-state index in [1.807, 2.05) is 0 Å². The van der Waals surface area contributed by atoms with Crippen LogP contribution in [0.25, 0.3) is 0 Å². The fraction of sp³-hybridized carbons (Fsp3) is 1.00. The molecule has 0 atom stereocenters. The number of phosphoric acid groups is 1. The van der Waals surface area contributed by atoms with Crippen molar-refractivity contribution in [3.8, 4) is 0 Å². The Morgan fingerprint density at radius 2 is 0.583 bits per heavy atom. The summed E-state index contributed by atoms with van der Waals surface area (Å²) >= 11 is 4.27. The molecule has 0 aliphatic carbocycles. The maximum absolute atomic E-state index is 10.6. The Morgan fingerprint density at radius 1 is 0.389 bits per heavy atom. The van der Waals surface area contributed by atoms with Gasteiger partial charge in [0, 0.05) is 0 Å². The van der Waals surface area contributed by atoms with E-state index >= 15 is 0 Å². The fourth-order valence-electron chi connectivity index (χ4n) is 4.99. The van der Waals surface area contributed by atoms with Crippen LogP contribution in [0.5, 0.6) is 0 Å². The van der Waals surface area contributed by atoms with Crippen molar-refractivity contribution < 1.29 is 18.9 Å². The van der Waals surface area contributed by atoms with Crippen molar-refractivity contribution in [1.82, 2.24) is 0 Å². The van der Waals surface area contributed by atoms with Crippen molar-refractivity contribution in [2.24, 2.45) is 0 Å². The number of hydrogen-bond donors (Lipinski definition) is 3. The summed E-state index contributed by atoms with van der Waals surface area (Å²) in [6, 6.07) is 0. The first kappa shape index (κ1) is 36.5. The van der Waals surface area contributed by atoms with Gasteiger partial charge in [0.05, 0.1) is 6.61 Å². The van der Waals surface area contributed by atoms with Crippen LogP contribution in [0.2, 0.25) is 0 Å². The number of rotatable bonds is 31. The Bertz CT molecular complexity index is 458. The van der Waals surface area contributed by atoms with E-state index in [1.54, 1.807) is 0 Å². The minimum Gasteiger partial charge on any atom is -0.303 e. The van der Waals surface area contributed by atoms with Gasteiger partial charge >= 0.3 is 7.82 Å². The first-order valence-electron chi connectivity index (χ1n) is 15.9. The maximum Gasteiger partial charge on any atom is 0.469 e. The lowest BCUT2D eigenvalue weighted by Gasteiger charge is -2.05. The predicted molar refractivity (Wildman–Crippen MR) is 161 cm³/mol. The lowest BCUT2D eigenvalue weighted by molar-refractivity contribution is 0.193. The molecule has 0 aromatic rings.